The molecule has 40 heavy (non-hydrogen) atoms. The zero-order valence-electron chi connectivity index (χ0n) is 28.5. The molecule has 0 fully saturated rings. The molecule has 0 N–H and O–H groups in total. The maximum atomic E-state index is 6.22. The van der Waals surface area contributed by atoms with E-state index in [1.165, 1.54) is 180 Å². The van der Waals surface area contributed by atoms with Gasteiger partial charge in [-0.15, -0.1) is 0 Å². The van der Waals surface area contributed by atoms with E-state index in [1.807, 2.05) is 0 Å². The topological polar surface area (TPSA) is 21.7 Å². The smallest absolute Gasteiger partial charge is 0.0934 e. The van der Waals surface area contributed by atoms with Gasteiger partial charge in [0.25, 0.3) is 0 Å². The average Bonchev–Trinajstić information content (AvgIpc) is 2.94. The number of rotatable bonds is 35. The van der Waals surface area contributed by atoms with Gasteiger partial charge in [-0.3, -0.25) is 0 Å². The molecule has 0 rings (SSSR count). The van der Waals surface area contributed by atoms with Crippen LogP contribution in [0.15, 0.2) is 0 Å². The maximum Gasteiger partial charge on any atom is 0.0934 e. The van der Waals surface area contributed by atoms with Gasteiger partial charge >= 0.3 is 0 Å². The largest absolute Gasteiger partial charge is 0.379 e. The molecule has 0 bridgehead atoms. The van der Waals surface area contributed by atoms with Crippen molar-refractivity contribution < 1.29 is 9.47 Å². The van der Waals surface area contributed by atoms with Crippen molar-refractivity contribution in [2.45, 2.75) is 200 Å². The van der Waals surface area contributed by atoms with E-state index in [9.17, 15) is 0 Å². The summed E-state index contributed by atoms with van der Waals surface area (Å²) in [4.78, 5) is 2.23. The van der Waals surface area contributed by atoms with Crippen molar-refractivity contribution in [3.05, 3.63) is 0 Å². The van der Waals surface area contributed by atoms with E-state index in [1.54, 1.807) is 0 Å². The summed E-state index contributed by atoms with van der Waals surface area (Å²) in [7, 11) is 4.27. The lowest BCUT2D eigenvalue weighted by Crippen LogP contribution is -2.32. The van der Waals surface area contributed by atoms with Crippen molar-refractivity contribution in [2.75, 3.05) is 40.5 Å². The number of hydrogen-bond donors (Lipinski definition) is 0. The highest BCUT2D eigenvalue weighted by atomic mass is 16.5. The van der Waals surface area contributed by atoms with E-state index < -0.39 is 0 Å². The van der Waals surface area contributed by atoms with E-state index in [0.717, 1.165) is 26.4 Å². The first kappa shape index (κ1) is 39.9. The fourth-order valence-corrected chi connectivity index (χ4v) is 5.72. The minimum absolute atomic E-state index is 0.212. The quantitative estimate of drug-likeness (QED) is 0.0711. The van der Waals surface area contributed by atoms with Crippen LogP contribution in [0.2, 0.25) is 0 Å². The molecule has 1 atom stereocenters. The molecule has 0 aromatic carbocycles. The molecular formula is C37H77NO2. The molecule has 0 aromatic rings. The van der Waals surface area contributed by atoms with Gasteiger partial charge in [0.1, 0.15) is 0 Å². The highest BCUT2D eigenvalue weighted by Gasteiger charge is 2.10. The molecular weight excluding hydrogens is 490 g/mol. The molecule has 0 saturated carbocycles. The summed E-state index contributed by atoms with van der Waals surface area (Å²) in [5, 5.41) is 0. The van der Waals surface area contributed by atoms with Gasteiger partial charge in [-0.05, 0) is 26.9 Å². The van der Waals surface area contributed by atoms with Gasteiger partial charge in [0.05, 0.1) is 12.7 Å². The van der Waals surface area contributed by atoms with Crippen LogP contribution >= 0.6 is 0 Å². The van der Waals surface area contributed by atoms with Crippen LogP contribution in [0.25, 0.3) is 0 Å². The molecule has 0 saturated heterocycles. The minimum atomic E-state index is 0.212. The van der Waals surface area contributed by atoms with E-state index in [4.69, 9.17) is 9.47 Å². The molecule has 0 aliphatic carbocycles. The van der Waals surface area contributed by atoms with Crippen molar-refractivity contribution in [3.8, 4) is 0 Å². The molecule has 242 valence electrons. The van der Waals surface area contributed by atoms with Crippen LogP contribution in [0, 0.1) is 0 Å². The van der Waals surface area contributed by atoms with Crippen LogP contribution in [0.3, 0.4) is 0 Å². The van der Waals surface area contributed by atoms with Crippen LogP contribution < -0.4 is 0 Å². The lowest BCUT2D eigenvalue weighted by atomic mass is 10.0. The molecule has 0 aliphatic heterocycles. The third-order valence-electron chi connectivity index (χ3n) is 8.37. The molecule has 0 aliphatic rings. The minimum Gasteiger partial charge on any atom is -0.379 e. The normalized spacial score (nSPS) is 12.5. The standard InChI is InChI=1S/C37H77NO2/c1-5-7-9-11-13-15-17-19-21-23-25-27-29-31-33-39-36-37(35-38(3)4)40-34-32-30-28-26-24-22-20-18-16-14-12-10-8-6-2/h37H,5-36H2,1-4H3/t37-/m0/s1. The van der Waals surface area contributed by atoms with Gasteiger partial charge in [-0.2, -0.15) is 0 Å². The second-order valence-corrected chi connectivity index (χ2v) is 13.0. The van der Waals surface area contributed by atoms with Crippen LogP contribution in [0.1, 0.15) is 194 Å². The van der Waals surface area contributed by atoms with Crippen molar-refractivity contribution in [1.29, 1.82) is 0 Å². The summed E-state index contributed by atoms with van der Waals surface area (Å²) in [5.41, 5.74) is 0. The second-order valence-electron chi connectivity index (χ2n) is 13.0. The van der Waals surface area contributed by atoms with Crippen molar-refractivity contribution in [2.24, 2.45) is 0 Å². The monoisotopic (exact) mass is 568 g/mol. The fourth-order valence-electron chi connectivity index (χ4n) is 5.72. The molecule has 3 nitrogen and oxygen atoms in total. The highest BCUT2D eigenvalue weighted by Crippen LogP contribution is 2.14. The zero-order valence-corrected chi connectivity index (χ0v) is 28.5. The molecule has 0 radical (unpaired) electrons. The molecule has 0 aromatic heterocycles. The molecule has 0 amide bonds. The van der Waals surface area contributed by atoms with Crippen LogP contribution in [-0.4, -0.2) is 51.5 Å². The van der Waals surface area contributed by atoms with Crippen molar-refractivity contribution in [1.82, 2.24) is 4.90 Å². The average molecular weight is 568 g/mol. The highest BCUT2D eigenvalue weighted by molar-refractivity contribution is 4.61. The summed E-state index contributed by atoms with van der Waals surface area (Å²) in [6.45, 7) is 8.08. The summed E-state index contributed by atoms with van der Waals surface area (Å²) in [6, 6.07) is 0. The first-order chi connectivity index (χ1) is 19.7. The Hall–Kier alpha value is -0.120. The Bertz CT molecular complexity index is 442. The Kier molecular flexibility index (Phi) is 35.0. The number of hydrogen-bond acceptors (Lipinski definition) is 3. The molecule has 0 heterocycles. The first-order valence-electron chi connectivity index (χ1n) is 18.5. The summed E-state index contributed by atoms with van der Waals surface area (Å²) in [5.74, 6) is 0. The Morgan fingerprint density at radius 3 is 1.02 bits per heavy atom. The molecule has 3 heteroatoms. The van der Waals surface area contributed by atoms with Gasteiger partial charge in [-0.25, -0.2) is 0 Å². The summed E-state index contributed by atoms with van der Waals surface area (Å²) in [6.07, 6.45) is 39.5. The maximum absolute atomic E-state index is 6.22. The zero-order chi connectivity index (χ0) is 29.2. The van der Waals surface area contributed by atoms with Gasteiger partial charge < -0.3 is 14.4 Å². The van der Waals surface area contributed by atoms with E-state index >= 15 is 0 Å². The predicted octanol–water partition coefficient (Wildman–Crippen LogP) is 11.9. The molecule has 0 spiro atoms. The Morgan fingerprint density at radius 1 is 0.400 bits per heavy atom. The van der Waals surface area contributed by atoms with Gasteiger partial charge in [0, 0.05) is 19.8 Å². The third-order valence-corrected chi connectivity index (χ3v) is 8.37. The van der Waals surface area contributed by atoms with Gasteiger partial charge in [-0.1, -0.05) is 181 Å². The lowest BCUT2D eigenvalue weighted by Gasteiger charge is -2.21. The van der Waals surface area contributed by atoms with Crippen LogP contribution in [-0.2, 0) is 9.47 Å². The number of nitrogens with zero attached hydrogens (tertiary/aromatic N) is 1. The number of likely N-dealkylation sites (N-methyl/N-ethyl adjacent to an activating group) is 1. The number of ether oxygens (including phenoxy) is 2. The first-order valence-corrected chi connectivity index (χ1v) is 18.5. The van der Waals surface area contributed by atoms with Crippen LogP contribution in [0.4, 0.5) is 0 Å². The van der Waals surface area contributed by atoms with Crippen molar-refractivity contribution >= 4 is 0 Å². The predicted molar refractivity (Wildman–Crippen MR) is 180 cm³/mol. The van der Waals surface area contributed by atoms with E-state index in [-0.39, 0.29) is 6.10 Å². The van der Waals surface area contributed by atoms with Gasteiger partial charge in [0.2, 0.25) is 0 Å². The summed E-state index contributed by atoms with van der Waals surface area (Å²) >= 11 is 0. The fraction of sp³-hybridized carbons (Fsp3) is 1.00. The summed E-state index contributed by atoms with van der Waals surface area (Å²) < 4.78 is 12.2. The van der Waals surface area contributed by atoms with E-state index in [0.29, 0.717) is 0 Å². The third kappa shape index (κ3) is 34.1. The van der Waals surface area contributed by atoms with E-state index in [2.05, 4.69) is 32.8 Å². The van der Waals surface area contributed by atoms with Crippen molar-refractivity contribution in [3.63, 3.8) is 0 Å². The van der Waals surface area contributed by atoms with Gasteiger partial charge in [0.15, 0.2) is 0 Å². The Morgan fingerprint density at radius 2 is 0.700 bits per heavy atom. The number of unbranched alkanes of at least 4 members (excludes halogenated alkanes) is 26. The Balaban J connectivity index is 3.46. The van der Waals surface area contributed by atoms with Crippen LogP contribution in [0.5, 0.6) is 0 Å². The second kappa shape index (κ2) is 35.1. The molecule has 0 unspecified atom stereocenters. The Labute approximate surface area is 254 Å². The lowest BCUT2D eigenvalue weighted by molar-refractivity contribution is -0.0287. The SMILES string of the molecule is CCCCCCCCCCCCCCCCOC[C@H](CN(C)C)OCCCCCCCCCCCCCCCC.